The normalized spacial score (nSPS) is 15.8. The minimum Gasteiger partial charge on any atom is -0.480 e. The molecule has 0 spiro atoms. The van der Waals surface area contributed by atoms with Crippen molar-refractivity contribution in [3.05, 3.63) is 18.2 Å². The van der Waals surface area contributed by atoms with Crippen LogP contribution in [0.5, 0.6) is 0 Å². The number of amides is 2. The standard InChI is InChI=1S/C13H21N5O5S/c1-6(19)10(14)12(21)17-8(2-7-3-15-5-16-7)11(20)18-9(4-24)13(22)23/h3,5-6,8-10,19,24H,2,4,14H2,1H3,(H,15,16)(H,17,21)(H,18,20)(H,22,23). The third-order valence-corrected chi connectivity index (χ3v) is 3.60. The zero-order valence-corrected chi connectivity index (χ0v) is 13.9. The number of aromatic nitrogens is 2. The van der Waals surface area contributed by atoms with E-state index in [1.54, 1.807) is 0 Å². The van der Waals surface area contributed by atoms with Crippen LogP contribution in [0.25, 0.3) is 0 Å². The summed E-state index contributed by atoms with van der Waals surface area (Å²) in [5, 5.41) is 23.0. The lowest BCUT2D eigenvalue weighted by Crippen LogP contribution is -2.57. The fraction of sp³-hybridized carbons (Fsp3) is 0.538. The van der Waals surface area contributed by atoms with Gasteiger partial charge < -0.3 is 31.6 Å². The molecule has 0 aromatic carbocycles. The zero-order chi connectivity index (χ0) is 18.3. The second-order valence-corrected chi connectivity index (χ2v) is 5.56. The number of nitrogens with zero attached hydrogens (tertiary/aromatic N) is 1. The Bertz CT molecular complexity index is 565. The van der Waals surface area contributed by atoms with E-state index in [1.807, 2.05) is 0 Å². The number of nitrogens with one attached hydrogen (secondary N) is 3. The number of aromatic amines is 1. The van der Waals surface area contributed by atoms with Gasteiger partial charge in [-0.1, -0.05) is 0 Å². The summed E-state index contributed by atoms with van der Waals surface area (Å²) in [5.74, 6) is -2.80. The third-order valence-electron chi connectivity index (χ3n) is 3.23. The number of carboxylic acid groups (broad SMARTS) is 1. The van der Waals surface area contributed by atoms with Gasteiger partial charge in [0.2, 0.25) is 11.8 Å². The molecule has 4 unspecified atom stereocenters. The quantitative estimate of drug-likeness (QED) is 0.242. The summed E-state index contributed by atoms with van der Waals surface area (Å²) >= 11 is 3.86. The van der Waals surface area contributed by atoms with Gasteiger partial charge >= 0.3 is 5.97 Å². The molecule has 4 atom stereocenters. The fourth-order valence-electron chi connectivity index (χ4n) is 1.77. The van der Waals surface area contributed by atoms with E-state index < -0.39 is 42.0 Å². The summed E-state index contributed by atoms with van der Waals surface area (Å²) in [5.41, 5.74) is 6.09. The monoisotopic (exact) mass is 359 g/mol. The zero-order valence-electron chi connectivity index (χ0n) is 13.0. The van der Waals surface area contributed by atoms with Crippen molar-refractivity contribution in [3.63, 3.8) is 0 Å². The van der Waals surface area contributed by atoms with Crippen molar-refractivity contribution in [1.82, 2.24) is 20.6 Å². The molecule has 1 aromatic rings. The molecule has 10 nitrogen and oxygen atoms in total. The summed E-state index contributed by atoms with van der Waals surface area (Å²) in [6.07, 6.45) is 1.81. The van der Waals surface area contributed by atoms with Crippen LogP contribution >= 0.6 is 12.6 Å². The lowest BCUT2D eigenvalue weighted by atomic mass is 10.1. The number of rotatable bonds is 9. The van der Waals surface area contributed by atoms with Crippen LogP contribution in [0.1, 0.15) is 12.6 Å². The summed E-state index contributed by atoms with van der Waals surface area (Å²) in [6.45, 7) is 1.34. The van der Waals surface area contributed by atoms with Crippen molar-refractivity contribution in [2.75, 3.05) is 5.75 Å². The highest BCUT2D eigenvalue weighted by Crippen LogP contribution is 2.02. The number of hydrogen-bond acceptors (Lipinski definition) is 7. The Kier molecular flexibility index (Phi) is 7.68. The summed E-state index contributed by atoms with van der Waals surface area (Å²) in [7, 11) is 0. The van der Waals surface area contributed by atoms with Gasteiger partial charge in [-0.3, -0.25) is 9.59 Å². The Morgan fingerprint density at radius 3 is 2.42 bits per heavy atom. The van der Waals surface area contributed by atoms with Crippen LogP contribution in [0, 0.1) is 0 Å². The first-order valence-corrected chi connectivity index (χ1v) is 7.74. The van der Waals surface area contributed by atoms with E-state index in [0.717, 1.165) is 0 Å². The van der Waals surface area contributed by atoms with E-state index in [1.165, 1.54) is 19.4 Å². The number of hydrogen-bond donors (Lipinski definition) is 7. The maximum atomic E-state index is 12.3. The maximum absolute atomic E-state index is 12.3. The van der Waals surface area contributed by atoms with Crippen molar-refractivity contribution >= 4 is 30.4 Å². The van der Waals surface area contributed by atoms with Gasteiger partial charge in [0.25, 0.3) is 0 Å². The average molecular weight is 359 g/mol. The number of imidazole rings is 1. The van der Waals surface area contributed by atoms with Crippen molar-refractivity contribution in [3.8, 4) is 0 Å². The van der Waals surface area contributed by atoms with Crippen LogP contribution in [0.3, 0.4) is 0 Å². The van der Waals surface area contributed by atoms with Crippen LogP contribution in [-0.2, 0) is 20.8 Å². The minimum atomic E-state index is -1.24. The van der Waals surface area contributed by atoms with Crippen LogP contribution in [0.4, 0.5) is 0 Å². The highest BCUT2D eigenvalue weighted by molar-refractivity contribution is 7.80. The second kappa shape index (κ2) is 9.25. The summed E-state index contributed by atoms with van der Waals surface area (Å²) in [4.78, 5) is 41.9. The predicted octanol–water partition coefficient (Wildman–Crippen LogP) is -2.36. The van der Waals surface area contributed by atoms with Crippen molar-refractivity contribution in [1.29, 1.82) is 0 Å². The highest BCUT2D eigenvalue weighted by atomic mass is 32.1. The number of aliphatic hydroxyl groups is 1. The third kappa shape index (κ3) is 5.83. The number of nitrogens with two attached hydrogens (primary N) is 1. The Morgan fingerprint density at radius 2 is 1.96 bits per heavy atom. The lowest BCUT2D eigenvalue weighted by Gasteiger charge is -2.22. The van der Waals surface area contributed by atoms with Crippen molar-refractivity contribution in [2.24, 2.45) is 5.73 Å². The van der Waals surface area contributed by atoms with Crippen LogP contribution in [0.15, 0.2) is 12.5 Å². The molecule has 0 saturated heterocycles. The van der Waals surface area contributed by atoms with Gasteiger partial charge in [0, 0.05) is 24.1 Å². The van der Waals surface area contributed by atoms with Gasteiger partial charge in [-0.05, 0) is 6.92 Å². The van der Waals surface area contributed by atoms with Gasteiger partial charge in [-0.2, -0.15) is 12.6 Å². The number of carboxylic acids is 1. The molecule has 11 heteroatoms. The first kappa shape index (κ1) is 19.9. The number of H-pyrrole nitrogens is 1. The van der Waals surface area contributed by atoms with Crippen molar-refractivity contribution < 1.29 is 24.6 Å². The van der Waals surface area contributed by atoms with Gasteiger partial charge in [-0.15, -0.1) is 0 Å². The van der Waals surface area contributed by atoms with Crippen LogP contribution in [-0.4, -0.2) is 67.9 Å². The van der Waals surface area contributed by atoms with E-state index >= 15 is 0 Å². The van der Waals surface area contributed by atoms with Gasteiger partial charge in [0.05, 0.1) is 12.4 Å². The lowest BCUT2D eigenvalue weighted by molar-refractivity contribution is -0.141. The van der Waals surface area contributed by atoms with E-state index in [9.17, 15) is 19.5 Å². The molecular weight excluding hydrogens is 338 g/mol. The molecule has 0 bridgehead atoms. The minimum absolute atomic E-state index is 0.0447. The predicted molar refractivity (Wildman–Crippen MR) is 87.3 cm³/mol. The fourth-order valence-corrected chi connectivity index (χ4v) is 2.02. The number of carbonyl (C=O) groups excluding carboxylic acids is 2. The molecule has 0 radical (unpaired) electrons. The van der Waals surface area contributed by atoms with Crippen LogP contribution in [0.2, 0.25) is 0 Å². The smallest absolute Gasteiger partial charge is 0.327 e. The molecule has 24 heavy (non-hydrogen) atoms. The second-order valence-electron chi connectivity index (χ2n) is 5.19. The number of thiol groups is 1. The topological polar surface area (TPSA) is 170 Å². The van der Waals surface area contributed by atoms with E-state index in [2.05, 4.69) is 33.2 Å². The molecule has 0 aliphatic rings. The summed E-state index contributed by atoms with van der Waals surface area (Å²) in [6, 6.07) is -3.51. The molecule has 1 aromatic heterocycles. The molecule has 0 fully saturated rings. The number of carbonyl (C=O) groups is 3. The van der Waals surface area contributed by atoms with E-state index in [4.69, 9.17) is 10.8 Å². The maximum Gasteiger partial charge on any atom is 0.327 e. The first-order chi connectivity index (χ1) is 11.3. The Morgan fingerprint density at radius 1 is 1.33 bits per heavy atom. The van der Waals surface area contributed by atoms with Crippen molar-refractivity contribution in [2.45, 2.75) is 37.6 Å². The molecule has 1 heterocycles. The number of aliphatic carboxylic acids is 1. The molecule has 0 saturated carbocycles. The molecule has 134 valence electrons. The largest absolute Gasteiger partial charge is 0.480 e. The van der Waals surface area contributed by atoms with Gasteiger partial charge in [0.15, 0.2) is 0 Å². The Balaban J connectivity index is 2.86. The van der Waals surface area contributed by atoms with Gasteiger partial charge in [0.1, 0.15) is 18.1 Å². The number of aliphatic hydroxyl groups excluding tert-OH is 1. The summed E-state index contributed by atoms with van der Waals surface area (Å²) < 4.78 is 0. The Hall–Kier alpha value is -2.11. The SMILES string of the molecule is CC(O)C(N)C(=O)NC(Cc1cnc[nH]1)C(=O)NC(CS)C(=O)O. The molecule has 7 N–H and O–H groups in total. The van der Waals surface area contributed by atoms with Crippen LogP contribution < -0.4 is 16.4 Å². The van der Waals surface area contributed by atoms with Gasteiger partial charge in [-0.25, -0.2) is 9.78 Å². The molecule has 2 amide bonds. The average Bonchev–Trinajstić information content (AvgIpc) is 3.03. The first-order valence-electron chi connectivity index (χ1n) is 7.11. The molecule has 1 rings (SSSR count). The Labute approximate surface area is 143 Å². The molecule has 0 aliphatic heterocycles. The van der Waals surface area contributed by atoms with E-state index in [0.29, 0.717) is 5.69 Å². The highest BCUT2D eigenvalue weighted by Gasteiger charge is 2.29. The molecular formula is C13H21N5O5S. The van der Waals surface area contributed by atoms with E-state index in [-0.39, 0.29) is 12.2 Å². The molecule has 0 aliphatic carbocycles.